The highest BCUT2D eigenvalue weighted by Gasteiger charge is 2.40. The minimum absolute atomic E-state index is 0.00921. The first-order chi connectivity index (χ1) is 10.1. The molecule has 21 heavy (non-hydrogen) atoms. The molecule has 5 heteroatoms. The lowest BCUT2D eigenvalue weighted by Crippen LogP contribution is -2.53. The number of hydrogen-bond acceptors (Lipinski definition) is 2. The molecule has 0 aliphatic heterocycles. The molecule has 2 atom stereocenters. The van der Waals surface area contributed by atoms with Crippen LogP contribution in [0.4, 0.5) is 8.78 Å². The Morgan fingerprint density at radius 2 is 1.71 bits per heavy atom. The van der Waals surface area contributed by atoms with Crippen LogP contribution in [0.3, 0.4) is 0 Å². The maximum absolute atomic E-state index is 13.7. The number of amides is 1. The number of rotatable bonds is 2. The predicted octanol–water partition coefficient (Wildman–Crippen LogP) is 2.60. The summed E-state index contributed by atoms with van der Waals surface area (Å²) in [6.45, 7) is 0. The highest BCUT2D eigenvalue weighted by atomic mass is 19.1. The molecule has 3 rings (SSSR count). The molecule has 1 aromatic carbocycles. The molecule has 114 valence electrons. The maximum Gasteiger partial charge on any atom is 0.257 e. The zero-order chi connectivity index (χ0) is 15.0. The van der Waals surface area contributed by atoms with Crippen molar-refractivity contribution in [3.05, 3.63) is 35.4 Å². The number of carbonyl (C=O) groups excluding carboxylic acids is 1. The highest BCUT2D eigenvalue weighted by molar-refractivity contribution is 5.95. The first-order valence-corrected chi connectivity index (χ1v) is 7.56. The lowest BCUT2D eigenvalue weighted by Gasteiger charge is -2.45. The molecule has 2 saturated carbocycles. The molecule has 1 amide bonds. The third kappa shape index (κ3) is 2.79. The summed E-state index contributed by atoms with van der Waals surface area (Å²) in [5.41, 5.74) is 5.56. The fourth-order valence-electron chi connectivity index (χ4n) is 3.96. The number of fused-ring (bicyclic) bond motifs is 2. The molecule has 2 aliphatic rings. The maximum atomic E-state index is 13.7. The summed E-state index contributed by atoms with van der Waals surface area (Å²) in [6.07, 6.45) is 4.94. The molecule has 0 aromatic heterocycles. The number of nitrogens with one attached hydrogen (secondary N) is 1. The lowest BCUT2D eigenvalue weighted by atomic mass is 9.67. The lowest BCUT2D eigenvalue weighted by molar-refractivity contribution is 0.0748. The molecular weight excluding hydrogens is 274 g/mol. The Kier molecular flexibility index (Phi) is 3.93. The molecule has 1 aromatic rings. The zero-order valence-electron chi connectivity index (χ0n) is 11.8. The Hall–Kier alpha value is -1.49. The second-order valence-electron chi connectivity index (χ2n) is 6.28. The number of nitrogens with two attached hydrogens (primary N) is 1. The first kappa shape index (κ1) is 14.4. The number of benzene rings is 1. The van der Waals surface area contributed by atoms with Crippen molar-refractivity contribution < 1.29 is 13.6 Å². The molecule has 2 aliphatic carbocycles. The van der Waals surface area contributed by atoms with Gasteiger partial charge in [-0.3, -0.25) is 4.79 Å². The molecule has 0 saturated heterocycles. The van der Waals surface area contributed by atoms with Gasteiger partial charge in [0.1, 0.15) is 17.2 Å². The van der Waals surface area contributed by atoms with Gasteiger partial charge in [-0.25, -0.2) is 8.78 Å². The summed E-state index contributed by atoms with van der Waals surface area (Å²) < 4.78 is 27.4. The summed E-state index contributed by atoms with van der Waals surface area (Å²) in [7, 11) is 0. The molecular formula is C16H20F2N2O. The SMILES string of the molecule is NC1CC2CCCC(C1)C2NC(=O)c1c(F)cccc1F. The van der Waals surface area contributed by atoms with Gasteiger partial charge in [0.2, 0.25) is 0 Å². The second kappa shape index (κ2) is 5.72. The van der Waals surface area contributed by atoms with E-state index in [1.807, 2.05) is 0 Å². The van der Waals surface area contributed by atoms with E-state index in [0.717, 1.165) is 44.2 Å². The largest absolute Gasteiger partial charge is 0.349 e. The van der Waals surface area contributed by atoms with Gasteiger partial charge in [-0.05, 0) is 49.7 Å². The molecule has 0 spiro atoms. The molecule has 3 nitrogen and oxygen atoms in total. The van der Waals surface area contributed by atoms with Gasteiger partial charge >= 0.3 is 0 Å². The van der Waals surface area contributed by atoms with E-state index in [-0.39, 0.29) is 12.1 Å². The quantitative estimate of drug-likeness (QED) is 0.881. The molecule has 2 bridgehead atoms. The summed E-state index contributed by atoms with van der Waals surface area (Å²) >= 11 is 0. The number of carbonyl (C=O) groups is 1. The van der Waals surface area contributed by atoms with Crippen molar-refractivity contribution in [2.75, 3.05) is 0 Å². The standard InChI is InChI=1S/C16H20F2N2O/c17-12-5-2-6-13(18)14(12)16(21)20-15-9-3-1-4-10(15)8-11(19)7-9/h2,5-6,9-11,15H,1,3-4,7-8,19H2,(H,20,21). The third-order valence-corrected chi connectivity index (χ3v) is 4.86. The van der Waals surface area contributed by atoms with E-state index in [0.29, 0.717) is 11.8 Å². The molecule has 2 unspecified atom stereocenters. The van der Waals surface area contributed by atoms with E-state index < -0.39 is 23.1 Å². The van der Waals surface area contributed by atoms with E-state index in [1.165, 1.54) is 6.07 Å². The van der Waals surface area contributed by atoms with Crippen LogP contribution in [0, 0.1) is 23.5 Å². The van der Waals surface area contributed by atoms with Crippen LogP contribution in [-0.4, -0.2) is 18.0 Å². The Morgan fingerprint density at radius 1 is 1.14 bits per heavy atom. The molecule has 3 N–H and O–H groups in total. The molecule has 0 heterocycles. The Bertz CT molecular complexity index is 515. The first-order valence-electron chi connectivity index (χ1n) is 7.56. The molecule has 0 radical (unpaired) electrons. The van der Waals surface area contributed by atoms with Crippen LogP contribution in [0.25, 0.3) is 0 Å². The Labute approximate surface area is 122 Å². The summed E-state index contributed by atoms with van der Waals surface area (Å²) in [4.78, 5) is 12.2. The highest BCUT2D eigenvalue weighted by Crippen LogP contribution is 2.39. The van der Waals surface area contributed by atoms with E-state index in [9.17, 15) is 13.6 Å². The average molecular weight is 294 g/mol. The smallest absolute Gasteiger partial charge is 0.257 e. The summed E-state index contributed by atoms with van der Waals surface area (Å²) in [5, 5.41) is 2.86. The fourth-order valence-corrected chi connectivity index (χ4v) is 3.96. The van der Waals surface area contributed by atoms with Gasteiger partial charge in [-0.1, -0.05) is 12.5 Å². The van der Waals surface area contributed by atoms with Crippen LogP contribution in [-0.2, 0) is 0 Å². The van der Waals surface area contributed by atoms with Crippen LogP contribution < -0.4 is 11.1 Å². The molecule has 2 fully saturated rings. The van der Waals surface area contributed by atoms with Crippen molar-refractivity contribution in [3.8, 4) is 0 Å². The van der Waals surface area contributed by atoms with Crippen molar-refractivity contribution >= 4 is 5.91 Å². The van der Waals surface area contributed by atoms with Crippen LogP contribution in [0.5, 0.6) is 0 Å². The second-order valence-corrected chi connectivity index (χ2v) is 6.28. The zero-order valence-corrected chi connectivity index (χ0v) is 11.8. The van der Waals surface area contributed by atoms with E-state index in [2.05, 4.69) is 5.32 Å². The predicted molar refractivity (Wildman–Crippen MR) is 75.7 cm³/mol. The fraction of sp³-hybridized carbons (Fsp3) is 0.562. The normalized spacial score (nSPS) is 31.8. The monoisotopic (exact) mass is 294 g/mol. The summed E-state index contributed by atoms with van der Waals surface area (Å²) in [5.74, 6) is -1.63. The van der Waals surface area contributed by atoms with Crippen molar-refractivity contribution in [1.29, 1.82) is 0 Å². The van der Waals surface area contributed by atoms with Crippen molar-refractivity contribution in [3.63, 3.8) is 0 Å². The van der Waals surface area contributed by atoms with Crippen LogP contribution in [0.1, 0.15) is 42.5 Å². The van der Waals surface area contributed by atoms with Crippen molar-refractivity contribution in [1.82, 2.24) is 5.32 Å². The summed E-state index contributed by atoms with van der Waals surface area (Å²) in [6, 6.07) is 3.64. The minimum Gasteiger partial charge on any atom is -0.349 e. The average Bonchev–Trinajstić information content (AvgIpc) is 2.39. The Balaban J connectivity index is 1.78. The van der Waals surface area contributed by atoms with Gasteiger partial charge in [0.15, 0.2) is 0 Å². The number of halogens is 2. The van der Waals surface area contributed by atoms with Gasteiger partial charge in [0.25, 0.3) is 5.91 Å². The van der Waals surface area contributed by atoms with Gasteiger partial charge in [-0.15, -0.1) is 0 Å². The topological polar surface area (TPSA) is 55.1 Å². The van der Waals surface area contributed by atoms with E-state index in [4.69, 9.17) is 5.73 Å². The van der Waals surface area contributed by atoms with Crippen LogP contribution in [0.2, 0.25) is 0 Å². The van der Waals surface area contributed by atoms with Crippen molar-refractivity contribution in [2.45, 2.75) is 44.2 Å². The number of hydrogen-bond donors (Lipinski definition) is 2. The van der Waals surface area contributed by atoms with Crippen LogP contribution in [0.15, 0.2) is 18.2 Å². The third-order valence-electron chi connectivity index (χ3n) is 4.86. The van der Waals surface area contributed by atoms with Gasteiger partial charge < -0.3 is 11.1 Å². The van der Waals surface area contributed by atoms with E-state index in [1.54, 1.807) is 0 Å². The van der Waals surface area contributed by atoms with Gasteiger partial charge in [-0.2, -0.15) is 0 Å². The van der Waals surface area contributed by atoms with Gasteiger partial charge in [0.05, 0.1) is 0 Å². The van der Waals surface area contributed by atoms with Crippen molar-refractivity contribution in [2.24, 2.45) is 17.6 Å². The van der Waals surface area contributed by atoms with Gasteiger partial charge in [0, 0.05) is 12.1 Å². The Morgan fingerprint density at radius 3 is 2.29 bits per heavy atom. The van der Waals surface area contributed by atoms with E-state index >= 15 is 0 Å². The minimum atomic E-state index is -0.815. The van der Waals surface area contributed by atoms with Crippen LogP contribution >= 0.6 is 0 Å².